The molecule has 2 N–H and O–H groups in total. The number of hydrogen-bond acceptors (Lipinski definition) is 2. The largest absolute Gasteiger partial charge is 0.478 e. The number of carboxylic acids is 2. The van der Waals surface area contributed by atoms with E-state index >= 15 is 0 Å². The smallest absolute Gasteiger partial charge is 0.336 e. The molecule has 0 aromatic heterocycles. The standard InChI is InChI=1S/C9H7IO4/c1-4-2-6(9(13)14)7(10)3-5(4)8(11)12/h2-3H,1H3,(H,11,12)(H,13,14). The van der Waals surface area contributed by atoms with Crippen LogP contribution in [0.5, 0.6) is 0 Å². The Bertz CT molecular complexity index is 372. The second-order valence-corrected chi connectivity index (χ2v) is 3.92. The SMILES string of the molecule is Cc1cc(C(=O)O)c(I)cc1C(=O)O. The van der Waals surface area contributed by atoms with E-state index < -0.39 is 11.9 Å². The third-order valence-electron chi connectivity index (χ3n) is 1.77. The number of halogens is 1. The Kier molecular flexibility index (Phi) is 3.10. The Morgan fingerprint density at radius 3 is 2.07 bits per heavy atom. The predicted molar refractivity (Wildman–Crippen MR) is 57.8 cm³/mol. The van der Waals surface area contributed by atoms with Crippen LogP contribution in [0.15, 0.2) is 12.1 Å². The summed E-state index contributed by atoms with van der Waals surface area (Å²) < 4.78 is 0.429. The van der Waals surface area contributed by atoms with Crippen molar-refractivity contribution in [3.63, 3.8) is 0 Å². The van der Waals surface area contributed by atoms with Crippen molar-refractivity contribution in [3.8, 4) is 0 Å². The fourth-order valence-electron chi connectivity index (χ4n) is 1.08. The van der Waals surface area contributed by atoms with Crippen molar-refractivity contribution in [3.05, 3.63) is 32.4 Å². The third kappa shape index (κ3) is 2.03. The zero-order valence-electron chi connectivity index (χ0n) is 7.24. The number of hydrogen-bond donors (Lipinski definition) is 2. The van der Waals surface area contributed by atoms with E-state index in [0.29, 0.717) is 9.13 Å². The molecular formula is C9H7IO4. The lowest BCUT2D eigenvalue weighted by Crippen LogP contribution is -2.06. The van der Waals surface area contributed by atoms with E-state index in [0.717, 1.165) is 0 Å². The van der Waals surface area contributed by atoms with Crippen LogP contribution in [0.4, 0.5) is 0 Å². The van der Waals surface area contributed by atoms with Crippen LogP contribution in [0, 0.1) is 10.5 Å². The molecule has 0 saturated heterocycles. The zero-order valence-corrected chi connectivity index (χ0v) is 9.40. The monoisotopic (exact) mass is 306 g/mol. The Morgan fingerprint density at radius 2 is 1.64 bits per heavy atom. The maximum Gasteiger partial charge on any atom is 0.336 e. The second kappa shape index (κ2) is 3.95. The summed E-state index contributed by atoms with van der Waals surface area (Å²) in [4.78, 5) is 21.4. The summed E-state index contributed by atoms with van der Waals surface area (Å²) in [6.45, 7) is 1.58. The number of benzene rings is 1. The van der Waals surface area contributed by atoms with Gasteiger partial charge in [-0.1, -0.05) is 0 Å². The highest BCUT2D eigenvalue weighted by Gasteiger charge is 2.14. The molecule has 0 unspecified atom stereocenters. The molecule has 1 rings (SSSR count). The quantitative estimate of drug-likeness (QED) is 0.820. The molecule has 0 amide bonds. The zero-order chi connectivity index (χ0) is 10.9. The Morgan fingerprint density at radius 1 is 1.14 bits per heavy atom. The van der Waals surface area contributed by atoms with Crippen LogP contribution >= 0.6 is 22.6 Å². The van der Waals surface area contributed by atoms with Gasteiger partial charge in [-0.05, 0) is 47.2 Å². The van der Waals surface area contributed by atoms with Crippen molar-refractivity contribution in [1.82, 2.24) is 0 Å². The first-order chi connectivity index (χ1) is 6.43. The molecule has 14 heavy (non-hydrogen) atoms. The summed E-state index contributed by atoms with van der Waals surface area (Å²) in [5.41, 5.74) is 0.725. The van der Waals surface area contributed by atoms with E-state index in [9.17, 15) is 9.59 Å². The molecule has 1 aromatic rings. The molecule has 5 heteroatoms. The number of rotatable bonds is 2. The molecule has 1 aromatic carbocycles. The fraction of sp³-hybridized carbons (Fsp3) is 0.111. The second-order valence-electron chi connectivity index (χ2n) is 2.76. The van der Waals surface area contributed by atoms with Crippen LogP contribution in [0.25, 0.3) is 0 Å². The third-order valence-corrected chi connectivity index (χ3v) is 2.67. The topological polar surface area (TPSA) is 74.6 Å². The summed E-state index contributed by atoms with van der Waals surface area (Å²) in [7, 11) is 0. The van der Waals surface area contributed by atoms with Gasteiger partial charge in [0, 0.05) is 3.57 Å². The van der Waals surface area contributed by atoms with Gasteiger partial charge in [-0.3, -0.25) is 0 Å². The number of carbonyl (C=O) groups is 2. The average molecular weight is 306 g/mol. The van der Waals surface area contributed by atoms with Crippen LogP contribution in [-0.2, 0) is 0 Å². The molecule has 74 valence electrons. The molecular weight excluding hydrogens is 299 g/mol. The van der Waals surface area contributed by atoms with Gasteiger partial charge in [0.1, 0.15) is 0 Å². The van der Waals surface area contributed by atoms with Crippen LogP contribution in [0.2, 0.25) is 0 Å². The van der Waals surface area contributed by atoms with Gasteiger partial charge < -0.3 is 10.2 Å². The van der Waals surface area contributed by atoms with Gasteiger partial charge in [-0.15, -0.1) is 0 Å². The Hall–Kier alpha value is -1.11. The van der Waals surface area contributed by atoms with Crippen molar-refractivity contribution in [2.24, 2.45) is 0 Å². The maximum absolute atomic E-state index is 10.7. The Labute approximate surface area is 93.7 Å². The van der Waals surface area contributed by atoms with Gasteiger partial charge in [-0.25, -0.2) is 9.59 Å². The van der Waals surface area contributed by atoms with Gasteiger partial charge in [0.05, 0.1) is 11.1 Å². The summed E-state index contributed by atoms with van der Waals surface area (Å²) in [6.07, 6.45) is 0. The molecule has 4 nitrogen and oxygen atoms in total. The van der Waals surface area contributed by atoms with E-state index in [1.165, 1.54) is 12.1 Å². The highest BCUT2D eigenvalue weighted by molar-refractivity contribution is 14.1. The molecule has 0 fully saturated rings. The molecule has 0 heterocycles. The van der Waals surface area contributed by atoms with Crippen molar-refractivity contribution in [2.45, 2.75) is 6.92 Å². The first-order valence-corrected chi connectivity index (χ1v) is 4.78. The predicted octanol–water partition coefficient (Wildman–Crippen LogP) is 2.00. The lowest BCUT2D eigenvalue weighted by molar-refractivity contribution is 0.0679. The molecule has 0 saturated carbocycles. The van der Waals surface area contributed by atoms with Gasteiger partial charge in [0.15, 0.2) is 0 Å². The molecule has 0 aliphatic heterocycles. The molecule has 0 atom stereocenters. The molecule has 0 aliphatic rings. The first-order valence-electron chi connectivity index (χ1n) is 3.70. The highest BCUT2D eigenvalue weighted by Crippen LogP contribution is 2.18. The molecule has 0 aliphatic carbocycles. The van der Waals surface area contributed by atoms with Crippen LogP contribution in [0.1, 0.15) is 26.3 Å². The lowest BCUT2D eigenvalue weighted by atomic mass is 10.1. The van der Waals surface area contributed by atoms with E-state index in [1.54, 1.807) is 6.92 Å². The molecule has 0 radical (unpaired) electrons. The fourth-order valence-corrected chi connectivity index (χ4v) is 1.77. The number of aryl methyl sites for hydroxylation is 1. The number of aromatic carboxylic acids is 2. The summed E-state index contributed by atoms with van der Waals surface area (Å²) in [5.74, 6) is -2.09. The number of carboxylic acid groups (broad SMARTS) is 2. The van der Waals surface area contributed by atoms with E-state index in [1.807, 2.05) is 22.6 Å². The van der Waals surface area contributed by atoms with E-state index in [-0.39, 0.29) is 11.1 Å². The van der Waals surface area contributed by atoms with Crippen molar-refractivity contribution in [1.29, 1.82) is 0 Å². The van der Waals surface area contributed by atoms with Crippen LogP contribution in [-0.4, -0.2) is 22.2 Å². The normalized spacial score (nSPS) is 9.86. The minimum atomic E-state index is -1.05. The van der Waals surface area contributed by atoms with Crippen molar-refractivity contribution in [2.75, 3.05) is 0 Å². The van der Waals surface area contributed by atoms with Crippen molar-refractivity contribution < 1.29 is 19.8 Å². The Balaban J connectivity index is 3.38. The van der Waals surface area contributed by atoms with E-state index in [4.69, 9.17) is 10.2 Å². The van der Waals surface area contributed by atoms with Crippen LogP contribution < -0.4 is 0 Å². The van der Waals surface area contributed by atoms with Crippen LogP contribution in [0.3, 0.4) is 0 Å². The summed E-state index contributed by atoms with van der Waals surface area (Å²) in [6, 6.07) is 2.73. The van der Waals surface area contributed by atoms with E-state index in [2.05, 4.69) is 0 Å². The molecule has 0 spiro atoms. The van der Waals surface area contributed by atoms with Gasteiger partial charge >= 0.3 is 11.9 Å². The van der Waals surface area contributed by atoms with Gasteiger partial charge in [0.25, 0.3) is 0 Å². The first kappa shape index (κ1) is 11.0. The van der Waals surface area contributed by atoms with Gasteiger partial charge in [-0.2, -0.15) is 0 Å². The maximum atomic E-state index is 10.7. The molecule has 0 bridgehead atoms. The summed E-state index contributed by atoms with van der Waals surface area (Å²) >= 11 is 1.81. The van der Waals surface area contributed by atoms with Crippen molar-refractivity contribution >= 4 is 34.5 Å². The summed E-state index contributed by atoms with van der Waals surface area (Å²) in [5, 5.41) is 17.5. The van der Waals surface area contributed by atoms with Gasteiger partial charge in [0.2, 0.25) is 0 Å². The highest BCUT2D eigenvalue weighted by atomic mass is 127. The minimum absolute atomic E-state index is 0.133. The minimum Gasteiger partial charge on any atom is -0.478 e. The average Bonchev–Trinajstić information content (AvgIpc) is 2.07. The lowest BCUT2D eigenvalue weighted by Gasteiger charge is -2.04.